The lowest BCUT2D eigenvalue weighted by molar-refractivity contribution is 0.215. The van der Waals surface area contributed by atoms with Crippen LogP contribution >= 0.6 is 0 Å². The Labute approximate surface area is 131 Å². The van der Waals surface area contributed by atoms with Crippen LogP contribution in [0.15, 0.2) is 47.6 Å². The Bertz CT molecular complexity index is 709. The molecule has 0 spiro atoms. The topological polar surface area (TPSA) is 27.0 Å². The summed E-state index contributed by atoms with van der Waals surface area (Å²) >= 11 is 0. The number of fused-ring (bicyclic) bond motifs is 2. The summed E-state index contributed by atoms with van der Waals surface area (Å²) in [5, 5.41) is 2.16. The summed E-state index contributed by atoms with van der Waals surface area (Å²) in [5.74, 6) is 1.08. The third kappa shape index (κ3) is 2.09. The maximum Gasteiger partial charge on any atom is 0.155 e. The number of aliphatic imine (C=N–C) groups is 1. The van der Waals surface area contributed by atoms with Crippen LogP contribution in [0.5, 0.6) is 0 Å². The molecule has 0 bridgehead atoms. The molecule has 5 nitrogen and oxygen atoms in total. The maximum atomic E-state index is 5.01. The maximum absolute atomic E-state index is 5.01. The molecule has 0 saturated carbocycles. The number of anilines is 1. The first-order valence-corrected chi connectivity index (χ1v) is 7.77. The Morgan fingerprint density at radius 3 is 2.50 bits per heavy atom. The fourth-order valence-electron chi connectivity index (χ4n) is 3.18. The van der Waals surface area contributed by atoms with Gasteiger partial charge in [-0.3, -0.25) is 9.69 Å². The predicted octanol–water partition coefficient (Wildman–Crippen LogP) is 2.03. The van der Waals surface area contributed by atoms with Crippen molar-refractivity contribution in [2.45, 2.75) is 0 Å². The fraction of sp³-hybridized carbons (Fsp3) is 0.353. The Hall–Kier alpha value is -2.27. The van der Waals surface area contributed by atoms with E-state index in [1.807, 2.05) is 0 Å². The second-order valence-corrected chi connectivity index (χ2v) is 5.98. The lowest BCUT2D eigenvalue weighted by Gasteiger charge is -2.34. The summed E-state index contributed by atoms with van der Waals surface area (Å²) in [6.07, 6.45) is 2.10. The highest BCUT2D eigenvalue weighted by Crippen LogP contribution is 2.32. The van der Waals surface area contributed by atoms with Crippen LogP contribution in [0, 0.1) is 0 Å². The molecular weight excluding hydrogens is 274 g/mol. The molecule has 1 aromatic carbocycles. The summed E-state index contributed by atoms with van der Waals surface area (Å²) in [5.41, 5.74) is 3.31. The molecule has 2 aromatic rings. The first-order valence-electron chi connectivity index (χ1n) is 7.77. The monoisotopic (exact) mass is 295 g/mol. The minimum atomic E-state index is 1.02. The molecule has 1 aromatic heterocycles. The summed E-state index contributed by atoms with van der Waals surface area (Å²) < 4.78 is 2.18. The molecular formula is C17H21N5. The number of amidine groups is 1. The molecule has 1 fully saturated rings. The first kappa shape index (κ1) is 13.4. The van der Waals surface area contributed by atoms with E-state index in [-0.39, 0.29) is 0 Å². The molecule has 114 valence electrons. The van der Waals surface area contributed by atoms with Crippen LogP contribution in [-0.2, 0) is 0 Å². The van der Waals surface area contributed by atoms with Gasteiger partial charge in [0.15, 0.2) is 5.84 Å². The predicted molar refractivity (Wildman–Crippen MR) is 89.9 cm³/mol. The summed E-state index contributed by atoms with van der Waals surface area (Å²) in [6, 6.07) is 12.6. The second-order valence-electron chi connectivity index (χ2n) is 5.98. The van der Waals surface area contributed by atoms with Gasteiger partial charge in [-0.25, -0.2) is 4.99 Å². The van der Waals surface area contributed by atoms with Crippen molar-refractivity contribution in [2.24, 2.45) is 4.99 Å². The zero-order valence-electron chi connectivity index (χ0n) is 13.1. The SMILES string of the molecule is CN1CCN(C2=Nc3ccccc3N(C)n3cccc32)CC1. The molecule has 1 saturated heterocycles. The Morgan fingerprint density at radius 2 is 1.68 bits per heavy atom. The number of piperazine rings is 1. The number of hydrogen-bond donors (Lipinski definition) is 0. The van der Waals surface area contributed by atoms with Crippen LogP contribution in [0.25, 0.3) is 0 Å². The highest BCUT2D eigenvalue weighted by Gasteiger charge is 2.25. The Kier molecular flexibility index (Phi) is 3.15. The van der Waals surface area contributed by atoms with Crippen LogP contribution in [0.3, 0.4) is 0 Å². The molecule has 0 amide bonds. The first-order chi connectivity index (χ1) is 10.7. The number of para-hydroxylation sites is 2. The van der Waals surface area contributed by atoms with E-state index < -0.39 is 0 Å². The third-order valence-corrected chi connectivity index (χ3v) is 4.54. The van der Waals surface area contributed by atoms with Gasteiger partial charge in [0.05, 0.1) is 11.4 Å². The van der Waals surface area contributed by atoms with E-state index in [2.05, 4.69) is 76.2 Å². The van der Waals surface area contributed by atoms with Crippen LogP contribution in [-0.4, -0.2) is 60.6 Å². The third-order valence-electron chi connectivity index (χ3n) is 4.54. The zero-order chi connectivity index (χ0) is 15.1. The highest BCUT2D eigenvalue weighted by molar-refractivity contribution is 6.01. The van der Waals surface area contributed by atoms with E-state index in [9.17, 15) is 0 Å². The van der Waals surface area contributed by atoms with Gasteiger partial charge in [0, 0.05) is 39.4 Å². The molecule has 2 aliphatic heterocycles. The van der Waals surface area contributed by atoms with E-state index in [0.29, 0.717) is 0 Å². The van der Waals surface area contributed by atoms with E-state index in [1.54, 1.807) is 0 Å². The normalized spacial score (nSPS) is 18.5. The van der Waals surface area contributed by atoms with Crippen molar-refractivity contribution in [1.82, 2.24) is 14.5 Å². The zero-order valence-corrected chi connectivity index (χ0v) is 13.1. The molecule has 4 rings (SSSR count). The van der Waals surface area contributed by atoms with Crippen LogP contribution in [0.4, 0.5) is 11.4 Å². The van der Waals surface area contributed by atoms with E-state index in [0.717, 1.165) is 49.1 Å². The summed E-state index contributed by atoms with van der Waals surface area (Å²) in [7, 11) is 4.27. The van der Waals surface area contributed by atoms with Gasteiger partial charge in [-0.05, 0) is 31.3 Å². The average Bonchev–Trinajstić information content (AvgIpc) is 2.99. The van der Waals surface area contributed by atoms with Crippen molar-refractivity contribution < 1.29 is 0 Å². The van der Waals surface area contributed by atoms with E-state index in [4.69, 9.17) is 4.99 Å². The van der Waals surface area contributed by atoms with Crippen molar-refractivity contribution >= 4 is 17.2 Å². The number of rotatable bonds is 0. The molecule has 0 N–H and O–H groups in total. The quantitative estimate of drug-likeness (QED) is 0.744. The molecule has 0 aliphatic carbocycles. The van der Waals surface area contributed by atoms with Crippen molar-refractivity contribution in [2.75, 3.05) is 45.3 Å². The van der Waals surface area contributed by atoms with Gasteiger partial charge in [0.25, 0.3) is 0 Å². The molecule has 0 unspecified atom stereocenters. The van der Waals surface area contributed by atoms with Crippen molar-refractivity contribution in [3.63, 3.8) is 0 Å². The molecule has 0 atom stereocenters. The number of aromatic nitrogens is 1. The molecule has 3 heterocycles. The standard InChI is InChI=1S/C17H21N5/c1-19-10-12-21(13-11-19)17-16-8-5-9-22(16)20(2)15-7-4-3-6-14(15)18-17/h3-9H,10-13H2,1-2H3. The largest absolute Gasteiger partial charge is 0.352 e. The smallest absolute Gasteiger partial charge is 0.155 e. The van der Waals surface area contributed by atoms with Gasteiger partial charge in [0.1, 0.15) is 5.69 Å². The molecule has 0 radical (unpaired) electrons. The second kappa shape index (κ2) is 5.18. The summed E-state index contributed by atoms with van der Waals surface area (Å²) in [4.78, 5) is 9.79. The minimum absolute atomic E-state index is 1.02. The lowest BCUT2D eigenvalue weighted by atomic mass is 10.2. The van der Waals surface area contributed by atoms with E-state index in [1.165, 1.54) is 0 Å². The van der Waals surface area contributed by atoms with Crippen LogP contribution < -0.4 is 5.01 Å². The van der Waals surface area contributed by atoms with Crippen molar-refractivity contribution in [3.8, 4) is 0 Å². The number of likely N-dealkylation sites (N-methyl/N-ethyl adjacent to an activating group) is 1. The van der Waals surface area contributed by atoms with Gasteiger partial charge in [-0.1, -0.05) is 12.1 Å². The number of benzene rings is 1. The average molecular weight is 295 g/mol. The van der Waals surface area contributed by atoms with Gasteiger partial charge >= 0.3 is 0 Å². The number of nitrogens with zero attached hydrogens (tertiary/aromatic N) is 5. The lowest BCUT2D eigenvalue weighted by Crippen LogP contribution is -2.48. The molecule has 2 aliphatic rings. The molecule has 5 heteroatoms. The fourth-order valence-corrected chi connectivity index (χ4v) is 3.18. The highest BCUT2D eigenvalue weighted by atomic mass is 15.5. The van der Waals surface area contributed by atoms with Crippen LogP contribution in [0.1, 0.15) is 5.69 Å². The molecule has 22 heavy (non-hydrogen) atoms. The van der Waals surface area contributed by atoms with Gasteiger partial charge < -0.3 is 9.80 Å². The summed E-state index contributed by atoms with van der Waals surface area (Å²) in [6.45, 7) is 4.20. The van der Waals surface area contributed by atoms with Gasteiger partial charge in [-0.15, -0.1) is 0 Å². The number of hydrogen-bond acceptors (Lipinski definition) is 4. The van der Waals surface area contributed by atoms with Crippen LogP contribution in [0.2, 0.25) is 0 Å². The van der Waals surface area contributed by atoms with Gasteiger partial charge in [0.2, 0.25) is 0 Å². The Balaban J connectivity index is 1.83. The Morgan fingerprint density at radius 1 is 0.909 bits per heavy atom. The van der Waals surface area contributed by atoms with E-state index >= 15 is 0 Å². The van der Waals surface area contributed by atoms with Crippen molar-refractivity contribution in [3.05, 3.63) is 48.3 Å². The van der Waals surface area contributed by atoms with Crippen molar-refractivity contribution in [1.29, 1.82) is 0 Å². The minimum Gasteiger partial charge on any atom is -0.352 e. The van der Waals surface area contributed by atoms with Gasteiger partial charge in [-0.2, -0.15) is 0 Å².